The fraction of sp³-hybridized carbons (Fsp3) is 0.556. The summed E-state index contributed by atoms with van der Waals surface area (Å²) < 4.78 is 4.73. The standard InChI is InChI=1S/C6H13NO2.C3H4O2/c1-3-4-9-6(8)5-7-2;1-2-3(4)5/h7H,3-5H2,1-2H3;2H,1H2,(H,4,5). The summed E-state index contributed by atoms with van der Waals surface area (Å²) in [5, 5.41) is 10.3. The molecule has 0 spiro atoms. The number of aliphatic carboxylic acids is 1. The van der Waals surface area contributed by atoms with Crippen LogP contribution in [0.1, 0.15) is 13.3 Å². The Balaban J connectivity index is 0. The lowest BCUT2D eigenvalue weighted by atomic mass is 10.5. The number of hydrogen-bond donors (Lipinski definition) is 2. The van der Waals surface area contributed by atoms with E-state index in [-0.39, 0.29) is 5.97 Å². The minimum Gasteiger partial charge on any atom is -0.478 e. The average Bonchev–Trinajstić information content (AvgIpc) is 2.16. The average molecular weight is 203 g/mol. The van der Waals surface area contributed by atoms with E-state index in [1.807, 2.05) is 6.92 Å². The van der Waals surface area contributed by atoms with Crippen molar-refractivity contribution in [3.8, 4) is 0 Å². The van der Waals surface area contributed by atoms with Crippen molar-refractivity contribution in [3.63, 3.8) is 0 Å². The summed E-state index contributed by atoms with van der Waals surface area (Å²) >= 11 is 0. The Morgan fingerprint density at radius 3 is 2.36 bits per heavy atom. The maximum absolute atomic E-state index is 10.5. The highest BCUT2D eigenvalue weighted by Gasteiger charge is 1.96. The van der Waals surface area contributed by atoms with Gasteiger partial charge in [0.25, 0.3) is 0 Å². The largest absolute Gasteiger partial charge is 0.478 e. The number of esters is 1. The van der Waals surface area contributed by atoms with Gasteiger partial charge in [0.2, 0.25) is 0 Å². The molecule has 2 N–H and O–H groups in total. The van der Waals surface area contributed by atoms with Gasteiger partial charge in [0, 0.05) is 6.08 Å². The molecule has 0 saturated carbocycles. The molecule has 0 fully saturated rings. The third-order valence-corrected chi connectivity index (χ3v) is 0.963. The zero-order chi connectivity index (χ0) is 11.4. The molecule has 14 heavy (non-hydrogen) atoms. The van der Waals surface area contributed by atoms with E-state index in [2.05, 4.69) is 11.9 Å². The van der Waals surface area contributed by atoms with E-state index in [0.29, 0.717) is 13.2 Å². The van der Waals surface area contributed by atoms with Crippen molar-refractivity contribution in [1.82, 2.24) is 5.32 Å². The van der Waals surface area contributed by atoms with Crippen molar-refractivity contribution in [3.05, 3.63) is 12.7 Å². The van der Waals surface area contributed by atoms with Crippen molar-refractivity contribution < 1.29 is 19.4 Å². The van der Waals surface area contributed by atoms with Crippen LogP contribution in [0.2, 0.25) is 0 Å². The van der Waals surface area contributed by atoms with Crippen LogP contribution >= 0.6 is 0 Å². The summed E-state index contributed by atoms with van der Waals surface area (Å²) in [4.78, 5) is 19.8. The Morgan fingerprint density at radius 1 is 1.57 bits per heavy atom. The predicted molar refractivity (Wildman–Crippen MR) is 53.0 cm³/mol. The highest BCUT2D eigenvalue weighted by atomic mass is 16.5. The molecule has 0 aliphatic rings. The van der Waals surface area contributed by atoms with Crippen LogP contribution in [0, 0.1) is 0 Å². The van der Waals surface area contributed by atoms with Crippen LogP contribution < -0.4 is 5.32 Å². The summed E-state index contributed by atoms with van der Waals surface area (Å²) in [6, 6.07) is 0. The van der Waals surface area contributed by atoms with Crippen LogP contribution in [0.5, 0.6) is 0 Å². The van der Waals surface area contributed by atoms with Crippen molar-refractivity contribution in [1.29, 1.82) is 0 Å². The first-order valence-electron chi connectivity index (χ1n) is 4.24. The molecule has 0 saturated heterocycles. The zero-order valence-corrected chi connectivity index (χ0v) is 8.58. The first kappa shape index (κ1) is 15.1. The van der Waals surface area contributed by atoms with Gasteiger partial charge in [-0.05, 0) is 13.5 Å². The second-order valence-electron chi connectivity index (χ2n) is 2.29. The summed E-state index contributed by atoms with van der Waals surface area (Å²) in [6.45, 7) is 5.76. The molecule has 5 heteroatoms. The van der Waals surface area contributed by atoms with Gasteiger partial charge in [-0.15, -0.1) is 0 Å². The predicted octanol–water partition coefficient (Wildman–Crippen LogP) is 0.416. The highest BCUT2D eigenvalue weighted by Crippen LogP contribution is 1.79. The van der Waals surface area contributed by atoms with Crippen molar-refractivity contribution in [2.75, 3.05) is 20.2 Å². The lowest BCUT2D eigenvalue weighted by Gasteiger charge is -1.99. The molecule has 5 nitrogen and oxygen atoms in total. The van der Waals surface area contributed by atoms with Crippen LogP contribution in [-0.2, 0) is 14.3 Å². The van der Waals surface area contributed by atoms with Crippen LogP contribution in [0.15, 0.2) is 12.7 Å². The molecular formula is C9H17NO4. The van der Waals surface area contributed by atoms with E-state index < -0.39 is 5.97 Å². The second kappa shape index (κ2) is 11.6. The number of likely N-dealkylation sites (N-methyl/N-ethyl adjacent to an activating group) is 1. The van der Waals surface area contributed by atoms with Gasteiger partial charge in [-0.2, -0.15) is 0 Å². The first-order chi connectivity index (χ1) is 6.58. The first-order valence-corrected chi connectivity index (χ1v) is 4.24. The minimum absolute atomic E-state index is 0.181. The molecule has 0 amide bonds. The second-order valence-corrected chi connectivity index (χ2v) is 2.29. The molecule has 0 aliphatic carbocycles. The van der Waals surface area contributed by atoms with Gasteiger partial charge < -0.3 is 15.2 Å². The molecule has 0 rings (SSSR count). The van der Waals surface area contributed by atoms with E-state index in [0.717, 1.165) is 12.5 Å². The molecule has 0 aromatic rings. The molecule has 0 aromatic heterocycles. The summed E-state index contributed by atoms with van der Waals surface area (Å²) in [6.07, 6.45) is 1.72. The fourth-order valence-electron chi connectivity index (χ4n) is 0.411. The number of hydrogen-bond acceptors (Lipinski definition) is 4. The van der Waals surface area contributed by atoms with Crippen LogP contribution in [0.25, 0.3) is 0 Å². The van der Waals surface area contributed by atoms with Gasteiger partial charge in [-0.1, -0.05) is 13.5 Å². The molecule has 0 radical (unpaired) electrons. The lowest BCUT2D eigenvalue weighted by Crippen LogP contribution is -2.20. The Kier molecular flexibility index (Phi) is 12.6. The molecule has 0 bridgehead atoms. The van der Waals surface area contributed by atoms with Crippen molar-refractivity contribution in [2.24, 2.45) is 0 Å². The molecule has 0 aromatic carbocycles. The fourth-order valence-corrected chi connectivity index (χ4v) is 0.411. The maximum Gasteiger partial charge on any atom is 0.327 e. The van der Waals surface area contributed by atoms with Crippen LogP contribution in [0.3, 0.4) is 0 Å². The molecule has 0 unspecified atom stereocenters. The Morgan fingerprint density at radius 2 is 2.07 bits per heavy atom. The quantitative estimate of drug-likeness (QED) is 0.500. The number of carboxylic acids is 1. The van der Waals surface area contributed by atoms with Crippen LogP contribution in [0.4, 0.5) is 0 Å². The smallest absolute Gasteiger partial charge is 0.327 e. The topological polar surface area (TPSA) is 75.6 Å². The molecular weight excluding hydrogens is 186 g/mol. The number of ether oxygens (including phenoxy) is 1. The van der Waals surface area contributed by atoms with Gasteiger partial charge >= 0.3 is 11.9 Å². The van der Waals surface area contributed by atoms with E-state index >= 15 is 0 Å². The van der Waals surface area contributed by atoms with Gasteiger partial charge in [0.1, 0.15) is 0 Å². The van der Waals surface area contributed by atoms with Crippen molar-refractivity contribution in [2.45, 2.75) is 13.3 Å². The van der Waals surface area contributed by atoms with Crippen molar-refractivity contribution >= 4 is 11.9 Å². The van der Waals surface area contributed by atoms with E-state index in [1.54, 1.807) is 7.05 Å². The molecule has 82 valence electrons. The molecule has 0 heterocycles. The SMILES string of the molecule is C=CC(=O)O.CCCOC(=O)CNC. The highest BCUT2D eigenvalue weighted by molar-refractivity contribution is 5.78. The zero-order valence-electron chi connectivity index (χ0n) is 8.58. The summed E-state index contributed by atoms with van der Waals surface area (Å²) in [5.74, 6) is -1.16. The maximum atomic E-state index is 10.5. The van der Waals surface area contributed by atoms with E-state index in [1.165, 1.54) is 0 Å². The summed E-state index contributed by atoms with van der Waals surface area (Å²) in [5.41, 5.74) is 0. The Bertz CT molecular complexity index is 180. The number of carbonyl (C=O) groups excluding carboxylic acids is 1. The van der Waals surface area contributed by atoms with Gasteiger partial charge in [0.05, 0.1) is 13.2 Å². The minimum atomic E-state index is -0.981. The number of carbonyl (C=O) groups is 2. The van der Waals surface area contributed by atoms with E-state index in [4.69, 9.17) is 9.84 Å². The van der Waals surface area contributed by atoms with Gasteiger partial charge in [-0.25, -0.2) is 4.79 Å². The number of carboxylic acid groups (broad SMARTS) is 1. The molecule has 0 aliphatic heterocycles. The monoisotopic (exact) mass is 203 g/mol. The van der Waals surface area contributed by atoms with E-state index in [9.17, 15) is 9.59 Å². The Labute approximate surface area is 83.8 Å². The Hall–Kier alpha value is -1.36. The lowest BCUT2D eigenvalue weighted by molar-refractivity contribution is -0.142. The summed E-state index contributed by atoms with van der Waals surface area (Å²) in [7, 11) is 1.72. The van der Waals surface area contributed by atoms with Crippen LogP contribution in [-0.4, -0.2) is 37.2 Å². The third kappa shape index (κ3) is 16.9. The normalized spacial score (nSPS) is 8.14. The molecule has 0 atom stereocenters. The third-order valence-electron chi connectivity index (χ3n) is 0.963. The van der Waals surface area contributed by atoms with Gasteiger partial charge in [-0.3, -0.25) is 4.79 Å². The van der Waals surface area contributed by atoms with Gasteiger partial charge in [0.15, 0.2) is 0 Å². The number of nitrogens with one attached hydrogen (secondary N) is 1. The number of rotatable bonds is 5.